The van der Waals surface area contributed by atoms with Gasteiger partial charge in [-0.1, -0.05) is 293 Å². The van der Waals surface area contributed by atoms with Crippen LogP contribution in [0, 0.1) is 0 Å². The molecule has 0 aromatic rings. The van der Waals surface area contributed by atoms with Gasteiger partial charge in [0.2, 0.25) is 0 Å². The summed E-state index contributed by atoms with van der Waals surface area (Å²) in [5, 5.41) is 0. The number of carbonyl (C=O) groups excluding carboxylic acids is 3. The Hall–Kier alpha value is -2.89. The van der Waals surface area contributed by atoms with Crippen molar-refractivity contribution >= 4 is 17.9 Å². The molecule has 6 heteroatoms. The summed E-state index contributed by atoms with van der Waals surface area (Å²) in [6.45, 7) is 6.55. The van der Waals surface area contributed by atoms with E-state index in [4.69, 9.17) is 14.2 Å². The molecule has 0 amide bonds. The number of hydrogen-bond acceptors (Lipinski definition) is 6. The monoisotopic (exact) mass is 1080 g/mol. The van der Waals surface area contributed by atoms with E-state index in [-0.39, 0.29) is 31.1 Å². The zero-order chi connectivity index (χ0) is 55.7. The molecule has 0 aliphatic carbocycles. The Balaban J connectivity index is 4.21. The molecule has 0 saturated carbocycles. The van der Waals surface area contributed by atoms with Crippen LogP contribution >= 0.6 is 0 Å². The SMILES string of the molecule is CC/C=C\C/C=C\C/C=C\CCCCCCCC(=O)OC(COC(=O)CCCCCCC/C=C\CCCCCCCC)COC(=O)CCCCCCCCCCCCCCCCCCC/C=C\CCCCCCCCCC. The highest BCUT2D eigenvalue weighted by Crippen LogP contribution is 2.17. The minimum absolute atomic E-state index is 0.0811. The van der Waals surface area contributed by atoms with Crippen molar-refractivity contribution in [3.63, 3.8) is 0 Å². The first-order valence-electron chi connectivity index (χ1n) is 33.8. The van der Waals surface area contributed by atoms with Gasteiger partial charge in [0.25, 0.3) is 0 Å². The third kappa shape index (κ3) is 63.8. The van der Waals surface area contributed by atoms with E-state index < -0.39 is 6.10 Å². The van der Waals surface area contributed by atoms with Crippen LogP contribution in [0.2, 0.25) is 0 Å². The highest BCUT2D eigenvalue weighted by atomic mass is 16.6. The van der Waals surface area contributed by atoms with Gasteiger partial charge in [-0.15, -0.1) is 0 Å². The lowest BCUT2D eigenvalue weighted by molar-refractivity contribution is -0.167. The molecule has 0 aliphatic heterocycles. The summed E-state index contributed by atoms with van der Waals surface area (Å²) in [4.78, 5) is 38.3. The number of rotatable bonds is 62. The van der Waals surface area contributed by atoms with Gasteiger partial charge in [-0.3, -0.25) is 14.4 Å². The first-order valence-corrected chi connectivity index (χ1v) is 33.8. The van der Waals surface area contributed by atoms with Crippen LogP contribution in [0.4, 0.5) is 0 Å². The second-order valence-corrected chi connectivity index (χ2v) is 22.7. The summed E-state index contributed by atoms with van der Waals surface area (Å²) in [5.74, 6) is -0.889. The van der Waals surface area contributed by atoms with E-state index in [2.05, 4.69) is 81.5 Å². The fraction of sp³-hybridized carbons (Fsp3) is 0.817. The lowest BCUT2D eigenvalue weighted by Gasteiger charge is -2.18. The van der Waals surface area contributed by atoms with Crippen molar-refractivity contribution in [2.24, 2.45) is 0 Å². The molecule has 1 unspecified atom stereocenters. The molecule has 0 aliphatic rings. The fourth-order valence-electron chi connectivity index (χ4n) is 9.92. The summed E-state index contributed by atoms with van der Waals surface area (Å²) in [6.07, 6.45) is 83.9. The Bertz CT molecular complexity index is 1380. The molecule has 0 radical (unpaired) electrons. The van der Waals surface area contributed by atoms with Crippen LogP contribution < -0.4 is 0 Å². The molecule has 0 aromatic carbocycles. The summed E-state index contributed by atoms with van der Waals surface area (Å²) in [7, 11) is 0. The number of ether oxygens (including phenoxy) is 3. The van der Waals surface area contributed by atoms with E-state index in [9.17, 15) is 14.4 Å². The van der Waals surface area contributed by atoms with Crippen LogP contribution in [0.3, 0.4) is 0 Å². The van der Waals surface area contributed by atoms with E-state index >= 15 is 0 Å². The average molecular weight is 1080 g/mol. The van der Waals surface area contributed by atoms with Gasteiger partial charge in [0.15, 0.2) is 6.10 Å². The second-order valence-electron chi connectivity index (χ2n) is 22.7. The van der Waals surface area contributed by atoms with E-state index in [0.29, 0.717) is 19.3 Å². The Morgan fingerprint density at radius 3 is 0.805 bits per heavy atom. The molecule has 448 valence electrons. The largest absolute Gasteiger partial charge is 0.462 e. The molecular weight excluding hydrogens is 949 g/mol. The summed E-state index contributed by atoms with van der Waals surface area (Å²) < 4.78 is 16.9. The quantitative estimate of drug-likeness (QED) is 0.0261. The Kier molecular flexibility index (Phi) is 63.2. The van der Waals surface area contributed by atoms with Gasteiger partial charge in [-0.2, -0.15) is 0 Å². The maximum atomic E-state index is 12.9. The van der Waals surface area contributed by atoms with Gasteiger partial charge < -0.3 is 14.2 Å². The minimum Gasteiger partial charge on any atom is -0.462 e. The van der Waals surface area contributed by atoms with Gasteiger partial charge in [-0.05, 0) is 103 Å². The Morgan fingerprint density at radius 1 is 0.273 bits per heavy atom. The van der Waals surface area contributed by atoms with E-state index in [1.54, 1.807) is 0 Å². The maximum Gasteiger partial charge on any atom is 0.306 e. The molecule has 77 heavy (non-hydrogen) atoms. The molecule has 0 spiro atoms. The molecule has 0 aromatic heterocycles. The first kappa shape index (κ1) is 74.1. The maximum absolute atomic E-state index is 12.9. The van der Waals surface area contributed by atoms with Crippen molar-refractivity contribution in [3.05, 3.63) is 60.8 Å². The minimum atomic E-state index is -0.786. The van der Waals surface area contributed by atoms with Crippen LogP contribution in [-0.4, -0.2) is 37.2 Å². The first-order chi connectivity index (χ1) is 38.0. The van der Waals surface area contributed by atoms with E-state index in [1.165, 1.54) is 212 Å². The number of allylic oxidation sites excluding steroid dienone is 10. The van der Waals surface area contributed by atoms with E-state index in [1.807, 2.05) is 0 Å². The number of unbranched alkanes of at least 4 members (excludes halogenated alkanes) is 41. The summed E-state index contributed by atoms with van der Waals surface area (Å²) in [5.41, 5.74) is 0. The highest BCUT2D eigenvalue weighted by Gasteiger charge is 2.19. The lowest BCUT2D eigenvalue weighted by Crippen LogP contribution is -2.30. The third-order valence-corrected chi connectivity index (χ3v) is 15.0. The fourth-order valence-corrected chi connectivity index (χ4v) is 9.92. The number of esters is 3. The van der Waals surface area contributed by atoms with Crippen molar-refractivity contribution in [1.29, 1.82) is 0 Å². The molecule has 6 nitrogen and oxygen atoms in total. The molecule has 0 rings (SSSR count). The standard InChI is InChI=1S/C71H128O6/c1-4-7-10-13-16-19-22-25-28-29-30-31-32-33-34-35-36-37-38-39-40-41-44-46-49-52-55-58-61-64-70(73)76-67-68(77-71(74)65-62-59-56-53-50-47-43-27-24-21-18-15-12-9-6-3)66-75-69(72)63-60-57-54-51-48-45-42-26-23-20-17-14-11-8-5-2/h9,12,18,21,26-27,29-30,42-43,68H,4-8,10-11,13-17,19-20,22-25,28,31-41,44-67H2,1-3H3/b12-9-,21-18-,30-29-,42-26-,43-27-. The second kappa shape index (κ2) is 65.6. The smallest absolute Gasteiger partial charge is 0.306 e. The van der Waals surface area contributed by atoms with Gasteiger partial charge in [0.1, 0.15) is 13.2 Å². The Morgan fingerprint density at radius 2 is 0.506 bits per heavy atom. The molecule has 0 saturated heterocycles. The molecular formula is C71H128O6. The summed E-state index contributed by atoms with van der Waals surface area (Å²) in [6, 6.07) is 0. The van der Waals surface area contributed by atoms with Crippen LogP contribution in [0.25, 0.3) is 0 Å². The highest BCUT2D eigenvalue weighted by molar-refractivity contribution is 5.71. The van der Waals surface area contributed by atoms with Gasteiger partial charge in [0, 0.05) is 19.3 Å². The zero-order valence-electron chi connectivity index (χ0n) is 51.5. The molecule has 0 fully saturated rings. The van der Waals surface area contributed by atoms with Crippen molar-refractivity contribution < 1.29 is 28.6 Å². The third-order valence-electron chi connectivity index (χ3n) is 15.0. The van der Waals surface area contributed by atoms with Crippen molar-refractivity contribution in [2.75, 3.05) is 13.2 Å². The Labute approximate surface area is 479 Å². The zero-order valence-corrected chi connectivity index (χ0v) is 51.5. The van der Waals surface area contributed by atoms with Crippen LogP contribution in [0.15, 0.2) is 60.8 Å². The predicted molar refractivity (Wildman–Crippen MR) is 335 cm³/mol. The van der Waals surface area contributed by atoms with Gasteiger partial charge in [-0.25, -0.2) is 0 Å². The normalized spacial score (nSPS) is 12.4. The van der Waals surface area contributed by atoms with Crippen LogP contribution in [0.5, 0.6) is 0 Å². The number of hydrogen-bond donors (Lipinski definition) is 0. The van der Waals surface area contributed by atoms with Crippen molar-refractivity contribution in [2.45, 2.75) is 361 Å². The van der Waals surface area contributed by atoms with Crippen molar-refractivity contribution in [3.8, 4) is 0 Å². The van der Waals surface area contributed by atoms with Gasteiger partial charge in [0.05, 0.1) is 0 Å². The topological polar surface area (TPSA) is 78.9 Å². The summed E-state index contributed by atoms with van der Waals surface area (Å²) >= 11 is 0. The van der Waals surface area contributed by atoms with Crippen LogP contribution in [0.1, 0.15) is 355 Å². The lowest BCUT2D eigenvalue weighted by atomic mass is 10.0. The predicted octanol–water partition coefficient (Wildman–Crippen LogP) is 23.1. The number of carbonyl (C=O) groups is 3. The molecule has 0 heterocycles. The molecule has 0 bridgehead atoms. The van der Waals surface area contributed by atoms with Crippen LogP contribution in [-0.2, 0) is 28.6 Å². The van der Waals surface area contributed by atoms with Crippen molar-refractivity contribution in [1.82, 2.24) is 0 Å². The average Bonchev–Trinajstić information content (AvgIpc) is 3.43. The molecule has 0 N–H and O–H groups in total. The molecule has 1 atom stereocenters. The van der Waals surface area contributed by atoms with E-state index in [0.717, 1.165) is 103 Å². The van der Waals surface area contributed by atoms with Gasteiger partial charge >= 0.3 is 17.9 Å².